The summed E-state index contributed by atoms with van der Waals surface area (Å²) in [6, 6.07) is 10.4. The summed E-state index contributed by atoms with van der Waals surface area (Å²) in [6.07, 6.45) is 2.37. The Kier molecular flexibility index (Phi) is 7.24. The number of furan rings is 1. The van der Waals surface area contributed by atoms with Gasteiger partial charge in [0.2, 0.25) is 0 Å². The van der Waals surface area contributed by atoms with Gasteiger partial charge in [-0.25, -0.2) is 4.39 Å². The standard InChI is InChI=1S/C21H27FN4O3/c1-2-9-23-20(27)21(28)24-15-18(19-8-5-14-29-19)26-12-10-25(11-13-26)17-7-4-3-6-16(17)22/h3-8,14,18H,2,9-13,15H2,1H3,(H,23,27)(H,24,28)/p+1/t18-/m0/s1. The van der Waals surface area contributed by atoms with Crippen molar-refractivity contribution in [1.82, 2.24) is 10.6 Å². The van der Waals surface area contributed by atoms with E-state index < -0.39 is 11.8 Å². The predicted octanol–water partition coefficient (Wildman–Crippen LogP) is 0.507. The highest BCUT2D eigenvalue weighted by Gasteiger charge is 2.32. The molecule has 1 fully saturated rings. The molecule has 0 spiro atoms. The normalized spacial score (nSPS) is 15.7. The molecule has 0 unspecified atom stereocenters. The van der Waals surface area contributed by atoms with Crippen LogP contribution < -0.4 is 20.4 Å². The van der Waals surface area contributed by atoms with Crippen molar-refractivity contribution in [2.24, 2.45) is 0 Å². The van der Waals surface area contributed by atoms with Crippen LogP contribution >= 0.6 is 0 Å². The maximum absolute atomic E-state index is 14.1. The minimum atomic E-state index is -0.639. The maximum Gasteiger partial charge on any atom is 0.309 e. The smallest absolute Gasteiger partial charge is 0.309 e. The molecule has 1 aromatic carbocycles. The molecule has 0 saturated carbocycles. The molecule has 1 saturated heterocycles. The van der Waals surface area contributed by atoms with Crippen molar-refractivity contribution in [3.63, 3.8) is 0 Å². The van der Waals surface area contributed by atoms with E-state index >= 15 is 0 Å². The summed E-state index contributed by atoms with van der Waals surface area (Å²) < 4.78 is 19.7. The highest BCUT2D eigenvalue weighted by atomic mass is 19.1. The number of anilines is 1. The van der Waals surface area contributed by atoms with Gasteiger partial charge in [-0.05, 0) is 30.7 Å². The molecule has 2 amide bonds. The van der Waals surface area contributed by atoms with Crippen molar-refractivity contribution in [3.8, 4) is 0 Å². The van der Waals surface area contributed by atoms with Crippen LogP contribution in [-0.2, 0) is 9.59 Å². The quantitative estimate of drug-likeness (QED) is 0.589. The highest BCUT2D eigenvalue weighted by Crippen LogP contribution is 2.19. The van der Waals surface area contributed by atoms with Crippen LogP contribution in [0.1, 0.15) is 25.1 Å². The molecular formula is C21H28FN4O3+. The van der Waals surface area contributed by atoms with Gasteiger partial charge in [-0.2, -0.15) is 0 Å². The summed E-state index contributed by atoms with van der Waals surface area (Å²) in [6.45, 7) is 5.60. The highest BCUT2D eigenvalue weighted by molar-refractivity contribution is 6.35. The van der Waals surface area contributed by atoms with Crippen LogP contribution in [0.15, 0.2) is 47.1 Å². The number of rotatable bonds is 7. The van der Waals surface area contributed by atoms with E-state index in [2.05, 4.69) is 10.6 Å². The number of quaternary nitrogens is 1. The Morgan fingerprint density at radius 3 is 2.52 bits per heavy atom. The number of halogens is 1. The summed E-state index contributed by atoms with van der Waals surface area (Å²) in [5, 5.41) is 5.30. The van der Waals surface area contributed by atoms with Crippen LogP contribution in [0.2, 0.25) is 0 Å². The van der Waals surface area contributed by atoms with Gasteiger partial charge in [-0.15, -0.1) is 0 Å². The second-order valence-corrected chi connectivity index (χ2v) is 7.13. The van der Waals surface area contributed by atoms with Gasteiger partial charge in [-0.3, -0.25) is 9.59 Å². The van der Waals surface area contributed by atoms with Crippen LogP contribution in [-0.4, -0.2) is 51.1 Å². The average molecular weight is 403 g/mol. The first-order valence-electron chi connectivity index (χ1n) is 10.0. The molecule has 1 aromatic heterocycles. The zero-order valence-electron chi connectivity index (χ0n) is 16.6. The molecule has 1 aliphatic rings. The lowest BCUT2D eigenvalue weighted by atomic mass is 10.1. The van der Waals surface area contributed by atoms with Crippen LogP contribution in [0.5, 0.6) is 0 Å². The minimum Gasteiger partial charge on any atom is -0.463 e. The summed E-state index contributed by atoms with van der Waals surface area (Å²) in [7, 11) is 0. The third kappa shape index (κ3) is 5.35. The van der Waals surface area contributed by atoms with Gasteiger partial charge in [0.05, 0.1) is 44.7 Å². The van der Waals surface area contributed by atoms with E-state index in [1.165, 1.54) is 11.0 Å². The molecule has 3 N–H and O–H groups in total. The number of para-hydroxylation sites is 1. The van der Waals surface area contributed by atoms with Gasteiger partial charge in [0, 0.05) is 6.54 Å². The second kappa shape index (κ2) is 10.1. The summed E-state index contributed by atoms with van der Waals surface area (Å²) in [4.78, 5) is 27.1. The SMILES string of the molecule is CCCNC(=O)C(=O)NC[C@@H](c1ccco1)[NH+]1CCN(c2ccccc2F)CC1. The number of carbonyl (C=O) groups excluding carboxylic acids is 2. The topological polar surface area (TPSA) is 79.0 Å². The summed E-state index contributed by atoms with van der Waals surface area (Å²) in [5.41, 5.74) is 0.613. The number of nitrogens with one attached hydrogen (secondary N) is 3. The lowest BCUT2D eigenvalue weighted by Crippen LogP contribution is -3.15. The maximum atomic E-state index is 14.1. The largest absolute Gasteiger partial charge is 0.463 e. The fourth-order valence-corrected chi connectivity index (χ4v) is 3.62. The third-order valence-corrected chi connectivity index (χ3v) is 5.19. The van der Waals surface area contributed by atoms with Gasteiger partial charge >= 0.3 is 11.8 Å². The van der Waals surface area contributed by atoms with Crippen molar-refractivity contribution >= 4 is 17.5 Å². The fraction of sp³-hybridized carbons (Fsp3) is 0.429. The Morgan fingerprint density at radius 1 is 1.14 bits per heavy atom. The van der Waals surface area contributed by atoms with Gasteiger partial charge in [0.15, 0.2) is 11.8 Å². The van der Waals surface area contributed by atoms with Gasteiger partial charge < -0.3 is 24.9 Å². The Bertz CT molecular complexity index is 804. The number of amides is 2. The lowest BCUT2D eigenvalue weighted by Gasteiger charge is -2.37. The fourth-order valence-electron chi connectivity index (χ4n) is 3.62. The molecule has 1 aliphatic heterocycles. The van der Waals surface area contributed by atoms with E-state index in [1.807, 2.05) is 30.0 Å². The Balaban J connectivity index is 1.61. The van der Waals surface area contributed by atoms with E-state index in [0.717, 1.165) is 25.3 Å². The van der Waals surface area contributed by atoms with Gasteiger partial charge in [0.1, 0.15) is 5.82 Å². The first-order valence-corrected chi connectivity index (χ1v) is 10.0. The molecule has 156 valence electrons. The summed E-state index contributed by atoms with van der Waals surface area (Å²) in [5.74, 6) is -0.721. The molecule has 8 heteroatoms. The van der Waals surface area contributed by atoms with Gasteiger partial charge in [-0.1, -0.05) is 19.1 Å². The van der Waals surface area contributed by atoms with Gasteiger partial charge in [0.25, 0.3) is 0 Å². The number of piperazine rings is 1. The molecule has 2 aromatic rings. The van der Waals surface area contributed by atoms with E-state index in [9.17, 15) is 14.0 Å². The molecule has 7 nitrogen and oxygen atoms in total. The number of hydrogen-bond acceptors (Lipinski definition) is 4. The molecule has 0 aliphatic carbocycles. The van der Waals surface area contributed by atoms with Crippen molar-refractivity contribution in [3.05, 3.63) is 54.2 Å². The Hall–Kier alpha value is -2.87. The molecule has 29 heavy (non-hydrogen) atoms. The summed E-state index contributed by atoms with van der Waals surface area (Å²) >= 11 is 0. The predicted molar refractivity (Wildman–Crippen MR) is 107 cm³/mol. The zero-order valence-corrected chi connectivity index (χ0v) is 16.6. The first kappa shape index (κ1) is 20.9. The van der Waals surface area contributed by atoms with E-state index in [0.29, 0.717) is 31.9 Å². The molecular weight excluding hydrogens is 375 g/mol. The number of benzene rings is 1. The molecule has 2 heterocycles. The Labute approximate surface area is 169 Å². The van der Waals surface area contributed by atoms with Crippen LogP contribution in [0.4, 0.5) is 10.1 Å². The third-order valence-electron chi connectivity index (χ3n) is 5.19. The van der Waals surface area contributed by atoms with Crippen LogP contribution in [0.25, 0.3) is 0 Å². The molecule has 3 rings (SSSR count). The molecule has 0 radical (unpaired) electrons. The molecule has 1 atom stereocenters. The monoisotopic (exact) mass is 403 g/mol. The first-order chi connectivity index (χ1) is 14.1. The number of nitrogens with zero attached hydrogens (tertiary/aromatic N) is 1. The average Bonchev–Trinajstić information content (AvgIpc) is 3.27. The van der Waals surface area contributed by atoms with Crippen molar-refractivity contribution < 1.29 is 23.3 Å². The number of hydrogen-bond donors (Lipinski definition) is 3. The van der Waals surface area contributed by atoms with Crippen LogP contribution in [0, 0.1) is 5.82 Å². The number of carbonyl (C=O) groups is 2. The zero-order chi connectivity index (χ0) is 20.6. The van der Waals surface area contributed by atoms with Crippen molar-refractivity contribution in [2.45, 2.75) is 19.4 Å². The van der Waals surface area contributed by atoms with E-state index in [-0.39, 0.29) is 11.9 Å². The lowest BCUT2D eigenvalue weighted by molar-refractivity contribution is -0.932. The molecule has 0 bridgehead atoms. The Morgan fingerprint density at radius 2 is 1.86 bits per heavy atom. The van der Waals surface area contributed by atoms with E-state index in [4.69, 9.17) is 4.42 Å². The van der Waals surface area contributed by atoms with Crippen molar-refractivity contribution in [1.29, 1.82) is 0 Å². The van der Waals surface area contributed by atoms with Crippen molar-refractivity contribution in [2.75, 3.05) is 44.2 Å². The minimum absolute atomic E-state index is 0.115. The van der Waals surface area contributed by atoms with E-state index in [1.54, 1.807) is 18.4 Å². The van der Waals surface area contributed by atoms with Crippen LogP contribution in [0.3, 0.4) is 0 Å². The second-order valence-electron chi connectivity index (χ2n) is 7.13.